The maximum atomic E-state index is 3.51. The first-order chi connectivity index (χ1) is 8.63. The van der Waals surface area contributed by atoms with Gasteiger partial charge in [-0.15, -0.1) is 0 Å². The third-order valence-electron chi connectivity index (χ3n) is 3.23. The molecule has 0 heterocycles. The highest BCUT2D eigenvalue weighted by Gasteiger charge is 2.01. The second kappa shape index (κ2) is 8.15. The number of anilines is 1. The molecule has 0 spiro atoms. The molecule has 0 atom stereocenters. The summed E-state index contributed by atoms with van der Waals surface area (Å²) in [4.78, 5) is 2.33. The molecule has 0 saturated carbocycles. The molecule has 0 amide bonds. The van der Waals surface area contributed by atoms with E-state index in [-0.39, 0.29) is 0 Å². The molecular formula is C16H28N2. The van der Waals surface area contributed by atoms with Crippen LogP contribution in [0.1, 0.15) is 37.3 Å². The molecule has 2 heteroatoms. The van der Waals surface area contributed by atoms with E-state index in [1.807, 2.05) is 0 Å². The number of nitrogens with one attached hydrogen (secondary N) is 1. The van der Waals surface area contributed by atoms with E-state index >= 15 is 0 Å². The Morgan fingerprint density at radius 1 is 1.00 bits per heavy atom. The second-order valence-corrected chi connectivity index (χ2v) is 5.22. The lowest BCUT2D eigenvalue weighted by atomic mass is 10.1. The van der Waals surface area contributed by atoms with Crippen molar-refractivity contribution in [2.45, 2.75) is 40.0 Å². The van der Waals surface area contributed by atoms with Gasteiger partial charge in [0.1, 0.15) is 0 Å². The molecule has 0 radical (unpaired) electrons. The van der Waals surface area contributed by atoms with Crippen molar-refractivity contribution in [3.63, 3.8) is 0 Å². The predicted molar refractivity (Wildman–Crippen MR) is 81.6 cm³/mol. The number of rotatable bonds is 8. The summed E-state index contributed by atoms with van der Waals surface area (Å²) in [5.74, 6) is 0. The van der Waals surface area contributed by atoms with Crippen molar-refractivity contribution in [2.24, 2.45) is 0 Å². The van der Waals surface area contributed by atoms with Crippen LogP contribution < -0.4 is 10.2 Å². The first-order valence-corrected chi connectivity index (χ1v) is 7.13. The monoisotopic (exact) mass is 248 g/mol. The van der Waals surface area contributed by atoms with Crippen molar-refractivity contribution in [3.8, 4) is 0 Å². The Hall–Kier alpha value is -1.02. The topological polar surface area (TPSA) is 15.3 Å². The Kier molecular flexibility index (Phi) is 6.81. The zero-order valence-electron chi connectivity index (χ0n) is 12.4. The van der Waals surface area contributed by atoms with E-state index in [4.69, 9.17) is 0 Å². The van der Waals surface area contributed by atoms with Crippen LogP contribution in [-0.2, 0) is 0 Å². The molecule has 0 aliphatic carbocycles. The van der Waals surface area contributed by atoms with E-state index in [1.165, 1.54) is 36.1 Å². The quantitative estimate of drug-likeness (QED) is 0.708. The number of hydrogen-bond acceptors (Lipinski definition) is 2. The summed E-state index contributed by atoms with van der Waals surface area (Å²) in [6, 6.07) is 6.73. The van der Waals surface area contributed by atoms with Crippen molar-refractivity contribution in [3.05, 3.63) is 29.3 Å². The van der Waals surface area contributed by atoms with Gasteiger partial charge in [-0.25, -0.2) is 0 Å². The molecule has 1 rings (SSSR count). The summed E-state index contributed by atoms with van der Waals surface area (Å²) in [7, 11) is 2.17. The van der Waals surface area contributed by atoms with Gasteiger partial charge in [0, 0.05) is 25.8 Å². The third-order valence-corrected chi connectivity index (χ3v) is 3.23. The lowest BCUT2D eigenvalue weighted by Crippen LogP contribution is -2.29. The van der Waals surface area contributed by atoms with Crippen molar-refractivity contribution >= 4 is 5.69 Å². The highest BCUT2D eigenvalue weighted by Crippen LogP contribution is 2.16. The van der Waals surface area contributed by atoms with Crippen LogP contribution in [0.4, 0.5) is 5.69 Å². The zero-order chi connectivity index (χ0) is 13.4. The molecular weight excluding hydrogens is 220 g/mol. The zero-order valence-corrected chi connectivity index (χ0v) is 12.4. The van der Waals surface area contributed by atoms with Gasteiger partial charge in [0.05, 0.1) is 0 Å². The molecule has 0 aromatic heterocycles. The van der Waals surface area contributed by atoms with Crippen LogP contribution >= 0.6 is 0 Å². The minimum atomic E-state index is 1.06. The van der Waals surface area contributed by atoms with Crippen molar-refractivity contribution in [1.82, 2.24) is 5.32 Å². The van der Waals surface area contributed by atoms with E-state index in [9.17, 15) is 0 Å². The van der Waals surface area contributed by atoms with E-state index in [2.05, 4.69) is 56.2 Å². The predicted octanol–water partition coefficient (Wildman–Crippen LogP) is 3.52. The number of hydrogen-bond donors (Lipinski definition) is 1. The van der Waals surface area contributed by atoms with Crippen LogP contribution in [0.2, 0.25) is 0 Å². The fraction of sp³-hybridized carbons (Fsp3) is 0.625. The van der Waals surface area contributed by atoms with Gasteiger partial charge in [-0.3, -0.25) is 0 Å². The number of unbranched alkanes of at least 4 members (excludes halogenated alkanes) is 2. The largest absolute Gasteiger partial charge is 0.373 e. The van der Waals surface area contributed by atoms with Crippen LogP contribution in [0, 0.1) is 13.8 Å². The summed E-state index contributed by atoms with van der Waals surface area (Å²) >= 11 is 0. The van der Waals surface area contributed by atoms with Crippen LogP contribution in [0.3, 0.4) is 0 Å². The molecule has 18 heavy (non-hydrogen) atoms. The fourth-order valence-corrected chi connectivity index (χ4v) is 2.17. The van der Waals surface area contributed by atoms with E-state index in [0.717, 1.165) is 19.6 Å². The minimum absolute atomic E-state index is 1.06. The molecule has 0 fully saturated rings. The van der Waals surface area contributed by atoms with Gasteiger partial charge < -0.3 is 10.2 Å². The molecule has 0 aliphatic rings. The van der Waals surface area contributed by atoms with Gasteiger partial charge in [0.2, 0.25) is 0 Å². The number of likely N-dealkylation sites (N-methyl/N-ethyl adjacent to an activating group) is 1. The lowest BCUT2D eigenvalue weighted by molar-refractivity contribution is 0.615. The SMILES string of the molecule is CCCCCNCCN(C)c1cc(C)cc(C)c1. The van der Waals surface area contributed by atoms with Crippen molar-refractivity contribution < 1.29 is 0 Å². The number of benzene rings is 1. The van der Waals surface area contributed by atoms with E-state index in [1.54, 1.807) is 0 Å². The maximum Gasteiger partial charge on any atom is 0.0369 e. The Morgan fingerprint density at radius 3 is 2.28 bits per heavy atom. The lowest BCUT2D eigenvalue weighted by Gasteiger charge is -2.20. The highest BCUT2D eigenvalue weighted by atomic mass is 15.1. The highest BCUT2D eigenvalue weighted by molar-refractivity contribution is 5.50. The third kappa shape index (κ3) is 5.54. The van der Waals surface area contributed by atoms with Crippen molar-refractivity contribution in [1.29, 1.82) is 0 Å². The number of nitrogens with zero attached hydrogens (tertiary/aromatic N) is 1. The Bertz CT molecular complexity index is 327. The van der Waals surface area contributed by atoms with Crippen LogP contribution in [0.15, 0.2) is 18.2 Å². The second-order valence-electron chi connectivity index (χ2n) is 5.22. The first-order valence-electron chi connectivity index (χ1n) is 7.13. The summed E-state index contributed by atoms with van der Waals surface area (Å²) in [5.41, 5.74) is 4.00. The average Bonchev–Trinajstić information content (AvgIpc) is 2.32. The summed E-state index contributed by atoms with van der Waals surface area (Å²) < 4.78 is 0. The Balaban J connectivity index is 2.29. The number of aryl methyl sites for hydroxylation is 2. The Morgan fingerprint density at radius 2 is 1.67 bits per heavy atom. The molecule has 1 aromatic carbocycles. The smallest absolute Gasteiger partial charge is 0.0369 e. The normalized spacial score (nSPS) is 10.7. The van der Waals surface area contributed by atoms with Crippen LogP contribution in [-0.4, -0.2) is 26.7 Å². The minimum Gasteiger partial charge on any atom is -0.373 e. The molecule has 1 aromatic rings. The maximum absolute atomic E-state index is 3.51. The van der Waals surface area contributed by atoms with E-state index < -0.39 is 0 Å². The first kappa shape index (κ1) is 15.0. The van der Waals surface area contributed by atoms with Gasteiger partial charge >= 0.3 is 0 Å². The standard InChI is InChI=1S/C16H28N2/c1-5-6-7-8-17-9-10-18(4)16-12-14(2)11-15(3)13-16/h11-13,17H,5-10H2,1-4H3. The molecule has 0 saturated heterocycles. The molecule has 0 bridgehead atoms. The van der Waals surface area contributed by atoms with Gasteiger partial charge in [-0.2, -0.15) is 0 Å². The van der Waals surface area contributed by atoms with Gasteiger partial charge in [-0.1, -0.05) is 25.8 Å². The van der Waals surface area contributed by atoms with Gasteiger partial charge in [-0.05, 0) is 50.1 Å². The molecule has 102 valence electrons. The van der Waals surface area contributed by atoms with Gasteiger partial charge in [0.15, 0.2) is 0 Å². The molecule has 0 aliphatic heterocycles. The van der Waals surface area contributed by atoms with Crippen LogP contribution in [0.5, 0.6) is 0 Å². The summed E-state index contributed by atoms with van der Waals surface area (Å²) in [6.45, 7) is 9.84. The molecule has 0 unspecified atom stereocenters. The van der Waals surface area contributed by atoms with Crippen molar-refractivity contribution in [2.75, 3.05) is 31.6 Å². The molecule has 2 nitrogen and oxygen atoms in total. The van der Waals surface area contributed by atoms with Gasteiger partial charge in [0.25, 0.3) is 0 Å². The van der Waals surface area contributed by atoms with Crippen LogP contribution in [0.25, 0.3) is 0 Å². The molecule has 1 N–H and O–H groups in total. The van der Waals surface area contributed by atoms with E-state index in [0.29, 0.717) is 0 Å². The summed E-state index contributed by atoms with van der Waals surface area (Å²) in [5, 5.41) is 3.51. The Labute approximate surface area is 112 Å². The summed E-state index contributed by atoms with van der Waals surface area (Å²) in [6.07, 6.45) is 3.92. The fourth-order valence-electron chi connectivity index (χ4n) is 2.17. The average molecular weight is 248 g/mol.